The lowest BCUT2D eigenvalue weighted by Crippen LogP contribution is -2.31. The van der Waals surface area contributed by atoms with E-state index in [4.69, 9.17) is 9.84 Å². The molecule has 0 bridgehead atoms. The number of hydrogen-bond donors (Lipinski definition) is 2. The Morgan fingerprint density at radius 2 is 2.25 bits per heavy atom. The predicted octanol–water partition coefficient (Wildman–Crippen LogP) is 2.32. The molecule has 90 valence electrons. The minimum absolute atomic E-state index is 0.142. The molecule has 1 unspecified atom stereocenters. The first-order chi connectivity index (χ1) is 7.71. The third-order valence-corrected chi connectivity index (χ3v) is 3.03. The highest BCUT2D eigenvalue weighted by Gasteiger charge is 2.07. The largest absolute Gasteiger partial charge is 0.496 e. The molecular weight excluding hydrogens is 270 g/mol. The number of rotatable bonds is 6. The van der Waals surface area contributed by atoms with Crippen LogP contribution < -0.4 is 10.1 Å². The average Bonchev–Trinajstić information content (AvgIpc) is 2.30. The maximum atomic E-state index is 9.08. The van der Waals surface area contributed by atoms with Crippen molar-refractivity contribution >= 4 is 15.9 Å². The second-order valence-electron chi connectivity index (χ2n) is 3.62. The number of ether oxygens (including phenoxy) is 1. The van der Waals surface area contributed by atoms with E-state index in [-0.39, 0.29) is 12.6 Å². The van der Waals surface area contributed by atoms with Crippen molar-refractivity contribution in [1.29, 1.82) is 0 Å². The Morgan fingerprint density at radius 3 is 2.81 bits per heavy atom. The van der Waals surface area contributed by atoms with Gasteiger partial charge in [-0.15, -0.1) is 0 Å². The third-order valence-electron chi connectivity index (χ3n) is 2.54. The molecule has 0 aliphatic rings. The summed E-state index contributed by atoms with van der Waals surface area (Å²) in [4.78, 5) is 0. The molecule has 4 heteroatoms. The molecule has 1 aromatic rings. The van der Waals surface area contributed by atoms with E-state index >= 15 is 0 Å². The first-order valence-electron chi connectivity index (χ1n) is 5.38. The number of nitrogens with one attached hydrogen (secondary N) is 1. The quantitative estimate of drug-likeness (QED) is 0.844. The van der Waals surface area contributed by atoms with Gasteiger partial charge in [0.25, 0.3) is 0 Å². The molecule has 1 aromatic carbocycles. The van der Waals surface area contributed by atoms with E-state index in [1.165, 1.54) is 0 Å². The summed E-state index contributed by atoms with van der Waals surface area (Å²) in [6, 6.07) is 6.05. The van der Waals surface area contributed by atoms with Crippen molar-refractivity contribution in [3.8, 4) is 5.75 Å². The van der Waals surface area contributed by atoms with Crippen molar-refractivity contribution in [3.63, 3.8) is 0 Å². The predicted molar refractivity (Wildman–Crippen MR) is 68.7 cm³/mol. The van der Waals surface area contributed by atoms with Gasteiger partial charge in [0, 0.05) is 22.6 Å². The highest BCUT2D eigenvalue weighted by molar-refractivity contribution is 9.10. The maximum absolute atomic E-state index is 9.08. The molecule has 3 nitrogen and oxygen atoms in total. The molecule has 0 aromatic heterocycles. The Kier molecular flexibility index (Phi) is 5.80. The summed E-state index contributed by atoms with van der Waals surface area (Å²) in [6.45, 7) is 2.90. The molecule has 0 heterocycles. The van der Waals surface area contributed by atoms with Crippen LogP contribution in [0.25, 0.3) is 0 Å². The second-order valence-corrected chi connectivity index (χ2v) is 4.54. The van der Waals surface area contributed by atoms with Gasteiger partial charge < -0.3 is 15.2 Å². The molecular formula is C12H18BrNO2. The van der Waals surface area contributed by atoms with E-state index in [2.05, 4.69) is 21.2 Å². The number of hydrogen-bond acceptors (Lipinski definition) is 3. The summed E-state index contributed by atoms with van der Waals surface area (Å²) in [5.74, 6) is 0.864. The summed E-state index contributed by atoms with van der Waals surface area (Å²) in [6.07, 6.45) is 0.910. The molecule has 1 atom stereocenters. The first kappa shape index (κ1) is 13.5. The van der Waals surface area contributed by atoms with E-state index < -0.39 is 0 Å². The van der Waals surface area contributed by atoms with E-state index in [1.807, 2.05) is 25.1 Å². The average molecular weight is 288 g/mol. The number of aliphatic hydroxyl groups is 1. The molecule has 16 heavy (non-hydrogen) atoms. The smallest absolute Gasteiger partial charge is 0.123 e. The zero-order chi connectivity index (χ0) is 12.0. The number of aliphatic hydroxyl groups excluding tert-OH is 1. The van der Waals surface area contributed by atoms with Crippen molar-refractivity contribution in [1.82, 2.24) is 5.32 Å². The highest BCUT2D eigenvalue weighted by atomic mass is 79.9. The first-order valence-corrected chi connectivity index (χ1v) is 6.17. The molecule has 0 aliphatic heterocycles. The van der Waals surface area contributed by atoms with Crippen LogP contribution in [0.2, 0.25) is 0 Å². The maximum Gasteiger partial charge on any atom is 0.123 e. The van der Waals surface area contributed by atoms with Crippen LogP contribution in [0.1, 0.15) is 18.9 Å². The molecule has 0 amide bonds. The van der Waals surface area contributed by atoms with E-state index in [9.17, 15) is 0 Å². The van der Waals surface area contributed by atoms with Crippen LogP contribution in [-0.2, 0) is 6.54 Å². The Hall–Kier alpha value is -0.580. The standard InChI is InChI=1S/C12H18BrNO2/c1-3-11(8-15)14-7-9-6-10(13)4-5-12(9)16-2/h4-6,11,14-15H,3,7-8H2,1-2H3. The van der Waals surface area contributed by atoms with Gasteiger partial charge in [-0.05, 0) is 24.6 Å². The molecule has 0 fully saturated rings. The van der Waals surface area contributed by atoms with Crippen molar-refractivity contribution in [2.45, 2.75) is 25.9 Å². The van der Waals surface area contributed by atoms with Crippen molar-refractivity contribution in [2.24, 2.45) is 0 Å². The van der Waals surface area contributed by atoms with E-state index in [1.54, 1.807) is 7.11 Å². The van der Waals surface area contributed by atoms with Crippen molar-refractivity contribution < 1.29 is 9.84 Å². The topological polar surface area (TPSA) is 41.5 Å². The summed E-state index contributed by atoms with van der Waals surface area (Å²) < 4.78 is 6.31. The SMILES string of the molecule is CCC(CO)NCc1cc(Br)ccc1OC. The molecule has 0 spiro atoms. The van der Waals surface area contributed by atoms with Gasteiger partial charge in [0.1, 0.15) is 5.75 Å². The molecule has 1 rings (SSSR count). The minimum Gasteiger partial charge on any atom is -0.496 e. The fraction of sp³-hybridized carbons (Fsp3) is 0.500. The van der Waals surface area contributed by atoms with E-state index in [0.29, 0.717) is 6.54 Å². The zero-order valence-electron chi connectivity index (χ0n) is 9.66. The lowest BCUT2D eigenvalue weighted by atomic mass is 10.1. The van der Waals surface area contributed by atoms with Crippen LogP contribution in [0, 0.1) is 0 Å². The van der Waals surface area contributed by atoms with Crippen LogP contribution in [0.5, 0.6) is 5.75 Å². The summed E-state index contributed by atoms with van der Waals surface area (Å²) in [7, 11) is 1.66. The van der Waals surface area contributed by atoms with Gasteiger partial charge in [-0.3, -0.25) is 0 Å². The van der Waals surface area contributed by atoms with Gasteiger partial charge in [-0.2, -0.15) is 0 Å². The Morgan fingerprint density at radius 1 is 1.50 bits per heavy atom. The molecule has 0 saturated carbocycles. The fourth-order valence-electron chi connectivity index (χ4n) is 1.48. The fourth-order valence-corrected chi connectivity index (χ4v) is 1.89. The molecule has 0 radical (unpaired) electrons. The van der Waals surface area contributed by atoms with Crippen molar-refractivity contribution in [3.05, 3.63) is 28.2 Å². The lowest BCUT2D eigenvalue weighted by Gasteiger charge is -2.15. The number of benzene rings is 1. The van der Waals surface area contributed by atoms with Crippen LogP contribution in [0.3, 0.4) is 0 Å². The summed E-state index contributed by atoms with van der Waals surface area (Å²) in [5.41, 5.74) is 1.09. The van der Waals surface area contributed by atoms with Crippen LogP contribution >= 0.6 is 15.9 Å². The van der Waals surface area contributed by atoms with Crippen LogP contribution in [0.4, 0.5) is 0 Å². The normalized spacial score (nSPS) is 12.5. The van der Waals surface area contributed by atoms with Crippen LogP contribution in [0.15, 0.2) is 22.7 Å². The number of methoxy groups -OCH3 is 1. The van der Waals surface area contributed by atoms with Gasteiger partial charge in [0.2, 0.25) is 0 Å². The minimum atomic E-state index is 0.142. The Balaban J connectivity index is 2.68. The third kappa shape index (κ3) is 3.77. The zero-order valence-corrected chi connectivity index (χ0v) is 11.3. The van der Waals surface area contributed by atoms with Gasteiger partial charge in [0.15, 0.2) is 0 Å². The summed E-state index contributed by atoms with van der Waals surface area (Å²) >= 11 is 3.43. The van der Waals surface area contributed by atoms with Gasteiger partial charge in [-0.1, -0.05) is 22.9 Å². The highest BCUT2D eigenvalue weighted by Crippen LogP contribution is 2.22. The van der Waals surface area contributed by atoms with Gasteiger partial charge >= 0.3 is 0 Å². The Labute approximate surface area is 105 Å². The summed E-state index contributed by atoms with van der Waals surface area (Å²) in [5, 5.41) is 12.4. The number of halogens is 1. The monoisotopic (exact) mass is 287 g/mol. The Bertz CT molecular complexity index is 327. The molecule has 0 aliphatic carbocycles. The molecule has 2 N–H and O–H groups in total. The van der Waals surface area contributed by atoms with Crippen molar-refractivity contribution in [2.75, 3.05) is 13.7 Å². The van der Waals surface area contributed by atoms with Gasteiger partial charge in [0.05, 0.1) is 13.7 Å². The lowest BCUT2D eigenvalue weighted by molar-refractivity contribution is 0.238. The van der Waals surface area contributed by atoms with Gasteiger partial charge in [-0.25, -0.2) is 0 Å². The van der Waals surface area contributed by atoms with Crippen LogP contribution in [-0.4, -0.2) is 24.9 Å². The second kappa shape index (κ2) is 6.89. The molecule has 0 saturated heterocycles. The van der Waals surface area contributed by atoms with E-state index in [0.717, 1.165) is 22.2 Å².